The number of nitrogens with two attached hydrogens (primary N) is 1. The molecular formula is C11H22N2O. The monoisotopic (exact) mass is 198 g/mol. The molecule has 0 radical (unpaired) electrons. The molecule has 0 aromatic rings. The molecule has 0 bridgehead atoms. The van der Waals surface area contributed by atoms with Crippen LogP contribution in [0.25, 0.3) is 0 Å². The molecule has 0 aliphatic carbocycles. The maximum atomic E-state index is 11.9. The quantitative estimate of drug-likeness (QED) is 0.653. The van der Waals surface area contributed by atoms with E-state index in [1.807, 2.05) is 20.8 Å². The summed E-state index contributed by atoms with van der Waals surface area (Å²) < 4.78 is 0. The van der Waals surface area contributed by atoms with Crippen LogP contribution in [-0.4, -0.2) is 30.4 Å². The van der Waals surface area contributed by atoms with Crippen molar-refractivity contribution in [1.82, 2.24) is 4.90 Å². The molecule has 3 nitrogen and oxygen atoms in total. The normalized spacial score (nSPS) is 12.6. The summed E-state index contributed by atoms with van der Waals surface area (Å²) in [5.41, 5.74) is 5.59. The minimum Gasteiger partial charge on any atom is -0.339 e. The van der Waals surface area contributed by atoms with Crippen molar-refractivity contribution < 1.29 is 4.79 Å². The van der Waals surface area contributed by atoms with E-state index in [1.54, 1.807) is 11.0 Å². The zero-order chi connectivity index (χ0) is 11.1. The first kappa shape index (κ1) is 13.2. The van der Waals surface area contributed by atoms with Gasteiger partial charge in [-0.05, 0) is 12.8 Å². The van der Waals surface area contributed by atoms with E-state index in [0.717, 1.165) is 0 Å². The summed E-state index contributed by atoms with van der Waals surface area (Å²) in [6.45, 7) is 11.4. The van der Waals surface area contributed by atoms with E-state index < -0.39 is 0 Å². The topological polar surface area (TPSA) is 46.3 Å². The molecule has 0 aromatic carbocycles. The van der Waals surface area contributed by atoms with Crippen LogP contribution < -0.4 is 5.73 Å². The summed E-state index contributed by atoms with van der Waals surface area (Å²) in [6, 6.07) is 0. The molecule has 14 heavy (non-hydrogen) atoms. The first-order valence-corrected chi connectivity index (χ1v) is 5.18. The summed E-state index contributed by atoms with van der Waals surface area (Å²) in [4.78, 5) is 13.7. The molecule has 0 saturated carbocycles. The predicted octanol–water partition coefficient (Wildman–Crippen LogP) is 1.25. The Morgan fingerprint density at radius 2 is 2.14 bits per heavy atom. The minimum absolute atomic E-state index is 0.0603. The Morgan fingerprint density at radius 3 is 2.43 bits per heavy atom. The van der Waals surface area contributed by atoms with Gasteiger partial charge < -0.3 is 10.6 Å². The maximum Gasteiger partial charge on any atom is 0.227 e. The maximum absolute atomic E-state index is 11.9. The van der Waals surface area contributed by atoms with Crippen molar-refractivity contribution >= 4 is 5.91 Å². The molecule has 0 saturated heterocycles. The van der Waals surface area contributed by atoms with Crippen LogP contribution in [0.5, 0.6) is 0 Å². The Hall–Kier alpha value is -0.830. The Bertz CT molecular complexity index is 190. The van der Waals surface area contributed by atoms with Crippen molar-refractivity contribution in [3.05, 3.63) is 12.7 Å². The molecule has 0 aromatic heterocycles. The summed E-state index contributed by atoms with van der Waals surface area (Å²) in [6.07, 6.45) is 1.75. The molecule has 1 unspecified atom stereocenters. The highest BCUT2D eigenvalue weighted by molar-refractivity contribution is 5.79. The van der Waals surface area contributed by atoms with Gasteiger partial charge >= 0.3 is 0 Å². The van der Waals surface area contributed by atoms with Crippen LogP contribution in [0, 0.1) is 11.8 Å². The second kappa shape index (κ2) is 6.60. The Labute approximate surface area is 87.0 Å². The third-order valence-electron chi connectivity index (χ3n) is 2.42. The summed E-state index contributed by atoms with van der Waals surface area (Å²) in [5.74, 6) is 0.381. The van der Waals surface area contributed by atoms with Gasteiger partial charge in [0.2, 0.25) is 5.91 Å². The highest BCUT2D eigenvalue weighted by Crippen LogP contribution is 2.12. The van der Waals surface area contributed by atoms with Crippen molar-refractivity contribution in [2.45, 2.75) is 20.8 Å². The van der Waals surface area contributed by atoms with Crippen molar-refractivity contribution in [3.8, 4) is 0 Å². The number of amides is 1. The van der Waals surface area contributed by atoms with Gasteiger partial charge in [-0.1, -0.05) is 19.9 Å². The lowest BCUT2D eigenvalue weighted by Crippen LogP contribution is -2.41. The molecule has 1 amide bonds. The van der Waals surface area contributed by atoms with Gasteiger partial charge in [-0.3, -0.25) is 4.79 Å². The minimum atomic E-state index is -0.0603. The van der Waals surface area contributed by atoms with E-state index in [-0.39, 0.29) is 11.8 Å². The lowest BCUT2D eigenvalue weighted by atomic mass is 9.94. The fraction of sp³-hybridized carbons (Fsp3) is 0.727. The van der Waals surface area contributed by atoms with Crippen molar-refractivity contribution in [2.24, 2.45) is 17.6 Å². The molecule has 0 heterocycles. The SMILES string of the molecule is C=CCN(CC)C(=O)C(CN)C(C)C. The molecule has 2 N–H and O–H groups in total. The number of hydrogen-bond acceptors (Lipinski definition) is 2. The van der Waals surface area contributed by atoms with Crippen LogP contribution in [0.2, 0.25) is 0 Å². The Kier molecular flexibility index (Phi) is 6.21. The van der Waals surface area contributed by atoms with Crippen molar-refractivity contribution in [3.63, 3.8) is 0 Å². The van der Waals surface area contributed by atoms with Crippen LogP contribution in [0.1, 0.15) is 20.8 Å². The van der Waals surface area contributed by atoms with Gasteiger partial charge in [0.05, 0.1) is 5.92 Å². The predicted molar refractivity (Wildman–Crippen MR) is 59.8 cm³/mol. The molecule has 3 heteroatoms. The number of rotatable bonds is 6. The number of carbonyl (C=O) groups is 1. The standard InChI is InChI=1S/C11H22N2O/c1-5-7-13(6-2)11(14)10(8-12)9(3)4/h5,9-10H,1,6-8,12H2,2-4H3. The van der Waals surface area contributed by atoms with Crippen LogP contribution in [0.15, 0.2) is 12.7 Å². The molecule has 1 atom stereocenters. The van der Waals surface area contributed by atoms with E-state index >= 15 is 0 Å². The van der Waals surface area contributed by atoms with E-state index in [4.69, 9.17) is 5.73 Å². The third-order valence-corrected chi connectivity index (χ3v) is 2.42. The zero-order valence-corrected chi connectivity index (χ0v) is 9.49. The van der Waals surface area contributed by atoms with Gasteiger partial charge in [-0.25, -0.2) is 0 Å². The fourth-order valence-corrected chi connectivity index (χ4v) is 1.42. The fourth-order valence-electron chi connectivity index (χ4n) is 1.42. The molecule has 0 fully saturated rings. The van der Waals surface area contributed by atoms with Crippen LogP contribution in [0.4, 0.5) is 0 Å². The lowest BCUT2D eigenvalue weighted by Gasteiger charge is -2.26. The number of hydrogen-bond donors (Lipinski definition) is 1. The van der Waals surface area contributed by atoms with Crippen LogP contribution >= 0.6 is 0 Å². The Morgan fingerprint density at radius 1 is 1.57 bits per heavy atom. The average molecular weight is 198 g/mol. The molecular weight excluding hydrogens is 176 g/mol. The van der Waals surface area contributed by atoms with Crippen LogP contribution in [-0.2, 0) is 4.79 Å². The average Bonchev–Trinajstić information content (AvgIpc) is 2.14. The number of nitrogens with zero attached hydrogens (tertiary/aromatic N) is 1. The van der Waals surface area contributed by atoms with Gasteiger partial charge in [0, 0.05) is 19.6 Å². The van der Waals surface area contributed by atoms with E-state index in [9.17, 15) is 4.79 Å². The number of likely N-dealkylation sites (N-methyl/N-ethyl adjacent to an activating group) is 1. The van der Waals surface area contributed by atoms with E-state index in [1.165, 1.54) is 0 Å². The van der Waals surface area contributed by atoms with E-state index in [0.29, 0.717) is 25.6 Å². The molecule has 0 rings (SSSR count). The first-order valence-electron chi connectivity index (χ1n) is 5.18. The van der Waals surface area contributed by atoms with Crippen molar-refractivity contribution in [2.75, 3.05) is 19.6 Å². The number of carbonyl (C=O) groups excluding carboxylic acids is 1. The van der Waals surface area contributed by atoms with Gasteiger partial charge in [0.1, 0.15) is 0 Å². The zero-order valence-electron chi connectivity index (χ0n) is 9.49. The second-order valence-corrected chi connectivity index (χ2v) is 3.75. The highest BCUT2D eigenvalue weighted by Gasteiger charge is 2.24. The summed E-state index contributed by atoms with van der Waals surface area (Å²) in [5, 5.41) is 0. The summed E-state index contributed by atoms with van der Waals surface area (Å²) >= 11 is 0. The smallest absolute Gasteiger partial charge is 0.227 e. The first-order chi connectivity index (χ1) is 6.58. The van der Waals surface area contributed by atoms with Crippen LogP contribution in [0.3, 0.4) is 0 Å². The third kappa shape index (κ3) is 3.50. The second-order valence-electron chi connectivity index (χ2n) is 3.75. The molecule has 0 aliphatic heterocycles. The van der Waals surface area contributed by atoms with Gasteiger partial charge in [-0.15, -0.1) is 6.58 Å². The van der Waals surface area contributed by atoms with Gasteiger partial charge in [0.15, 0.2) is 0 Å². The largest absolute Gasteiger partial charge is 0.339 e. The molecule has 0 aliphatic rings. The van der Waals surface area contributed by atoms with Crippen molar-refractivity contribution in [1.29, 1.82) is 0 Å². The summed E-state index contributed by atoms with van der Waals surface area (Å²) in [7, 11) is 0. The van der Waals surface area contributed by atoms with Gasteiger partial charge in [0.25, 0.3) is 0 Å². The lowest BCUT2D eigenvalue weighted by molar-refractivity contribution is -0.135. The molecule has 82 valence electrons. The highest BCUT2D eigenvalue weighted by atomic mass is 16.2. The molecule has 0 spiro atoms. The van der Waals surface area contributed by atoms with Gasteiger partial charge in [-0.2, -0.15) is 0 Å². The Balaban J connectivity index is 4.44. The van der Waals surface area contributed by atoms with E-state index in [2.05, 4.69) is 6.58 Å².